The number of imidazole rings is 2. The number of rotatable bonds is 8. The number of aliphatic hydroxyl groups excluding tert-OH is 2. The summed E-state index contributed by atoms with van der Waals surface area (Å²) in [6.07, 6.45) is 12.8. The highest BCUT2D eigenvalue weighted by atomic mass is 16.5. The number of ether oxygens (including phenoxy) is 4. The lowest BCUT2D eigenvalue weighted by Gasteiger charge is -2.41. The molecule has 66 heavy (non-hydrogen) atoms. The smallest absolute Gasteiger partial charge is 0.250 e. The van der Waals surface area contributed by atoms with Gasteiger partial charge in [0.15, 0.2) is 0 Å². The molecule has 4 atom stereocenters. The van der Waals surface area contributed by atoms with E-state index in [1.54, 1.807) is 36.7 Å². The monoisotopic (exact) mass is 890 g/mol. The number of likely N-dealkylation sites (tertiary alicyclic amines) is 2. The van der Waals surface area contributed by atoms with E-state index in [-0.39, 0.29) is 25.0 Å². The van der Waals surface area contributed by atoms with Gasteiger partial charge in [0.25, 0.3) is 0 Å². The molecule has 0 bridgehead atoms. The van der Waals surface area contributed by atoms with E-state index in [1.807, 2.05) is 132 Å². The number of amides is 2. The molecule has 2 aromatic heterocycles. The van der Waals surface area contributed by atoms with Crippen LogP contribution in [0.5, 0.6) is 23.0 Å². The molecule has 2 N–H and O–H groups in total. The predicted molar refractivity (Wildman–Crippen MR) is 249 cm³/mol. The molecule has 4 aliphatic heterocycles. The number of hydrogen-bond donors (Lipinski definition) is 2. The van der Waals surface area contributed by atoms with Crippen molar-refractivity contribution in [2.75, 3.05) is 40.5 Å². The molecule has 0 radical (unpaired) electrons. The van der Waals surface area contributed by atoms with Gasteiger partial charge in [-0.3, -0.25) is 9.59 Å². The third kappa shape index (κ3) is 8.93. The lowest BCUT2D eigenvalue weighted by molar-refractivity contribution is -0.136. The Hall–Kier alpha value is -7.16. The Labute approximate surface area is 384 Å². The number of nitrogens with zero attached hydrogens (tertiary/aromatic N) is 6. The molecule has 4 aliphatic rings. The van der Waals surface area contributed by atoms with E-state index < -0.39 is 24.3 Å². The summed E-state index contributed by atoms with van der Waals surface area (Å²) in [6, 6.07) is 26.2. The normalized spacial score (nSPS) is 21.6. The Balaban J connectivity index is 0.000000166. The SMILES string of the molecule is COc1cc(/C=C2\CCCN([C@@H]3c4ccccc4OC[C@@H]3O)C2=O)ccc1-n1cnc(C)c1.COc1cc(/C=C2\CCCN([C@H]3c4ccccc4OC[C@H]3O)C2=O)ccc1-n1cnc(C)c1. The molecule has 2 saturated heterocycles. The molecule has 10 rings (SSSR count). The molecular weight excluding hydrogens is 837 g/mol. The van der Waals surface area contributed by atoms with Crippen molar-refractivity contribution in [2.24, 2.45) is 0 Å². The maximum absolute atomic E-state index is 13.5. The number of aromatic nitrogens is 4. The number of fused-ring (bicyclic) bond motifs is 2. The van der Waals surface area contributed by atoms with Gasteiger partial charge in [0.1, 0.15) is 48.4 Å². The predicted octanol–water partition coefficient (Wildman–Crippen LogP) is 7.38. The maximum atomic E-state index is 13.5. The maximum Gasteiger partial charge on any atom is 0.250 e. The Bertz CT molecular complexity index is 2620. The number of hydrogen-bond acceptors (Lipinski definition) is 10. The minimum atomic E-state index is -0.763. The Kier molecular flexibility index (Phi) is 12.8. The van der Waals surface area contributed by atoms with Crippen LogP contribution in [0, 0.1) is 13.8 Å². The zero-order chi connectivity index (χ0) is 45.9. The molecule has 0 unspecified atom stereocenters. The Morgan fingerprint density at radius 1 is 0.621 bits per heavy atom. The standard InChI is InChI=1S/2C26H27N3O4/c2*1-17-14-28(16-27-17)21-10-9-18(13-24(21)32-2)12-19-6-5-11-29(26(19)31)25-20-7-3-4-8-23(20)33-15-22(25)30/h2*3-4,7-10,12-14,16,22,25,30H,5-6,11,15H2,1-2H3/b2*19-12+/t2*22-,25+/m10/s1. The Morgan fingerprint density at radius 2 is 1.05 bits per heavy atom. The van der Waals surface area contributed by atoms with Crippen LogP contribution < -0.4 is 18.9 Å². The van der Waals surface area contributed by atoms with Gasteiger partial charge in [-0.2, -0.15) is 0 Å². The van der Waals surface area contributed by atoms with E-state index in [4.69, 9.17) is 18.9 Å². The first-order valence-electron chi connectivity index (χ1n) is 22.3. The van der Waals surface area contributed by atoms with Crippen molar-refractivity contribution in [3.05, 3.63) is 155 Å². The zero-order valence-corrected chi connectivity index (χ0v) is 37.5. The van der Waals surface area contributed by atoms with E-state index in [0.717, 1.165) is 80.5 Å². The van der Waals surface area contributed by atoms with Gasteiger partial charge < -0.3 is 48.1 Å². The number of benzene rings is 4. The van der Waals surface area contributed by atoms with Crippen LogP contribution in [0.15, 0.2) is 121 Å². The zero-order valence-electron chi connectivity index (χ0n) is 37.5. The molecule has 2 fully saturated rings. The van der Waals surface area contributed by atoms with Crippen LogP contribution in [-0.4, -0.2) is 104 Å². The fraction of sp³-hybridized carbons (Fsp3) is 0.308. The molecule has 6 aromatic rings. The fourth-order valence-corrected chi connectivity index (χ4v) is 9.38. The topological polar surface area (TPSA) is 154 Å². The minimum Gasteiger partial charge on any atom is -0.495 e. The van der Waals surface area contributed by atoms with E-state index in [2.05, 4.69) is 9.97 Å². The average Bonchev–Trinajstić information content (AvgIpc) is 3.98. The fourth-order valence-electron chi connectivity index (χ4n) is 9.38. The first-order valence-corrected chi connectivity index (χ1v) is 22.3. The first-order chi connectivity index (χ1) is 32.1. The summed E-state index contributed by atoms with van der Waals surface area (Å²) in [5.74, 6) is 2.77. The highest BCUT2D eigenvalue weighted by Gasteiger charge is 2.40. The van der Waals surface area contributed by atoms with E-state index in [1.165, 1.54) is 0 Å². The van der Waals surface area contributed by atoms with Crippen molar-refractivity contribution in [3.63, 3.8) is 0 Å². The molecule has 0 saturated carbocycles. The van der Waals surface area contributed by atoms with Gasteiger partial charge in [0.2, 0.25) is 11.8 Å². The molecular formula is C52H54N6O8. The van der Waals surface area contributed by atoms with Crippen molar-refractivity contribution in [2.45, 2.75) is 63.8 Å². The molecule has 0 spiro atoms. The summed E-state index contributed by atoms with van der Waals surface area (Å²) in [5.41, 5.74) is 8.58. The van der Waals surface area contributed by atoms with Crippen LogP contribution in [0.2, 0.25) is 0 Å². The summed E-state index contributed by atoms with van der Waals surface area (Å²) in [4.78, 5) is 39.1. The van der Waals surface area contributed by atoms with Crippen LogP contribution in [-0.2, 0) is 9.59 Å². The average molecular weight is 891 g/mol. The van der Waals surface area contributed by atoms with Crippen LogP contribution in [0.3, 0.4) is 0 Å². The first kappa shape index (κ1) is 44.1. The third-order valence-corrected chi connectivity index (χ3v) is 12.5. The van der Waals surface area contributed by atoms with Crippen molar-refractivity contribution in [1.29, 1.82) is 0 Å². The van der Waals surface area contributed by atoms with Gasteiger partial charge in [-0.15, -0.1) is 0 Å². The van der Waals surface area contributed by atoms with Crippen molar-refractivity contribution in [1.82, 2.24) is 28.9 Å². The molecule has 2 amide bonds. The van der Waals surface area contributed by atoms with Gasteiger partial charge in [0.05, 0.1) is 61.7 Å². The van der Waals surface area contributed by atoms with Gasteiger partial charge in [0, 0.05) is 47.8 Å². The van der Waals surface area contributed by atoms with Gasteiger partial charge in [-0.1, -0.05) is 48.5 Å². The lowest BCUT2D eigenvalue weighted by Crippen LogP contribution is -2.47. The number of carbonyl (C=O) groups is 2. The summed E-state index contributed by atoms with van der Waals surface area (Å²) in [5, 5.41) is 21.4. The summed E-state index contributed by atoms with van der Waals surface area (Å²) < 4.78 is 26.4. The molecule has 340 valence electrons. The number of para-hydroxylation sites is 2. The number of aliphatic hydroxyl groups is 2. The summed E-state index contributed by atoms with van der Waals surface area (Å²) in [6.45, 7) is 5.45. The molecule has 14 heteroatoms. The molecule has 0 aliphatic carbocycles. The number of aryl methyl sites for hydroxylation is 2. The quantitative estimate of drug-likeness (QED) is 0.148. The second-order valence-corrected chi connectivity index (χ2v) is 17.0. The number of methoxy groups -OCH3 is 2. The van der Waals surface area contributed by atoms with Crippen LogP contribution in [0.25, 0.3) is 23.5 Å². The third-order valence-electron chi connectivity index (χ3n) is 12.5. The van der Waals surface area contributed by atoms with Crippen molar-refractivity contribution in [3.8, 4) is 34.4 Å². The summed E-state index contributed by atoms with van der Waals surface area (Å²) >= 11 is 0. The van der Waals surface area contributed by atoms with Gasteiger partial charge in [-0.25, -0.2) is 9.97 Å². The van der Waals surface area contributed by atoms with Crippen molar-refractivity contribution < 1.29 is 38.7 Å². The van der Waals surface area contributed by atoms with Crippen LogP contribution in [0.1, 0.15) is 71.4 Å². The number of carbonyl (C=O) groups excluding carboxylic acids is 2. The van der Waals surface area contributed by atoms with Gasteiger partial charge in [-0.05, 0) is 99.2 Å². The second kappa shape index (κ2) is 19.1. The lowest BCUT2D eigenvalue weighted by atomic mass is 9.92. The Morgan fingerprint density at radius 3 is 1.44 bits per heavy atom. The van der Waals surface area contributed by atoms with Crippen LogP contribution in [0.4, 0.5) is 0 Å². The van der Waals surface area contributed by atoms with Gasteiger partial charge >= 0.3 is 0 Å². The number of piperidine rings is 2. The highest BCUT2D eigenvalue weighted by Crippen LogP contribution is 2.41. The van der Waals surface area contributed by atoms with E-state index in [0.29, 0.717) is 37.4 Å². The largest absolute Gasteiger partial charge is 0.495 e. The minimum absolute atomic E-state index is 0.0460. The molecule has 6 heterocycles. The van der Waals surface area contributed by atoms with Crippen LogP contribution >= 0.6 is 0 Å². The molecule has 4 aromatic carbocycles. The van der Waals surface area contributed by atoms with E-state index in [9.17, 15) is 19.8 Å². The van der Waals surface area contributed by atoms with Crippen molar-refractivity contribution >= 4 is 24.0 Å². The summed E-state index contributed by atoms with van der Waals surface area (Å²) in [7, 11) is 3.27. The van der Waals surface area contributed by atoms with E-state index >= 15 is 0 Å². The second-order valence-electron chi connectivity index (χ2n) is 17.0. The highest BCUT2D eigenvalue weighted by molar-refractivity contribution is 5.99. The molecule has 14 nitrogen and oxygen atoms in total.